The number of hydrogen-bond donors (Lipinski definition) is 1. The first-order valence-electron chi connectivity index (χ1n) is 11.4. The monoisotopic (exact) mass is 418 g/mol. The number of nitrogens with one attached hydrogen (secondary N) is 1. The van der Waals surface area contributed by atoms with Crippen LogP contribution in [-0.2, 0) is 9.59 Å². The number of ether oxygens (including phenoxy) is 1. The smallest absolute Gasteiger partial charge is 0.308 e. The third-order valence-corrected chi connectivity index (χ3v) is 8.08. The highest BCUT2D eigenvalue weighted by molar-refractivity contribution is 7.14. The molecule has 1 N–H and O–H groups in total. The fraction of sp³-hybridized carbons (Fsp3) is 0.739. The predicted octanol–water partition coefficient (Wildman–Crippen LogP) is 4.82. The summed E-state index contributed by atoms with van der Waals surface area (Å²) in [5.41, 5.74) is 0. The summed E-state index contributed by atoms with van der Waals surface area (Å²) in [4.78, 5) is 28.0. The molecule has 3 aliphatic rings. The summed E-state index contributed by atoms with van der Waals surface area (Å²) in [6, 6.07) is 5.34. The van der Waals surface area contributed by atoms with Gasteiger partial charge in [-0.15, -0.1) is 11.3 Å². The highest BCUT2D eigenvalue weighted by atomic mass is 32.1. The zero-order chi connectivity index (χ0) is 20.2. The highest BCUT2D eigenvalue weighted by Gasteiger charge is 2.36. The maximum atomic E-state index is 13.0. The van der Waals surface area contributed by atoms with Gasteiger partial charge in [-0.05, 0) is 57.1 Å². The molecule has 1 saturated carbocycles. The Balaban J connectivity index is 1.43. The molecule has 1 aliphatic carbocycles. The summed E-state index contributed by atoms with van der Waals surface area (Å²) in [7, 11) is 0. The Labute approximate surface area is 178 Å². The molecule has 2 saturated heterocycles. The molecule has 3 atom stereocenters. The average molecular weight is 419 g/mol. The van der Waals surface area contributed by atoms with Gasteiger partial charge in [0.05, 0.1) is 6.04 Å². The lowest BCUT2D eigenvalue weighted by atomic mass is 9.88. The Kier molecular flexibility index (Phi) is 6.91. The molecule has 3 fully saturated rings. The van der Waals surface area contributed by atoms with Crippen molar-refractivity contribution in [1.29, 1.82) is 0 Å². The van der Waals surface area contributed by atoms with E-state index in [1.54, 1.807) is 0 Å². The van der Waals surface area contributed by atoms with Gasteiger partial charge in [-0.25, -0.2) is 0 Å². The Hall–Kier alpha value is -1.40. The van der Waals surface area contributed by atoms with Crippen LogP contribution in [0.5, 0.6) is 5.06 Å². The van der Waals surface area contributed by atoms with E-state index in [1.165, 1.54) is 56.8 Å². The molecule has 3 heterocycles. The van der Waals surface area contributed by atoms with Gasteiger partial charge in [0.2, 0.25) is 5.91 Å². The number of amides is 1. The van der Waals surface area contributed by atoms with Gasteiger partial charge in [0.15, 0.2) is 5.06 Å². The van der Waals surface area contributed by atoms with Crippen molar-refractivity contribution in [3.63, 3.8) is 0 Å². The number of rotatable bonds is 7. The molecule has 0 aromatic carbocycles. The van der Waals surface area contributed by atoms with Gasteiger partial charge in [-0.2, -0.15) is 0 Å². The van der Waals surface area contributed by atoms with Crippen molar-refractivity contribution in [2.24, 2.45) is 5.92 Å². The number of hydrogen-bond acceptors (Lipinski definition) is 5. The molecule has 0 radical (unpaired) electrons. The maximum absolute atomic E-state index is 13.0. The van der Waals surface area contributed by atoms with Crippen LogP contribution in [0.4, 0.5) is 0 Å². The van der Waals surface area contributed by atoms with Crippen molar-refractivity contribution in [2.75, 3.05) is 6.54 Å². The topological polar surface area (TPSA) is 58.6 Å². The minimum absolute atomic E-state index is 0.0000567. The SMILES string of the molecule is CC(=O)Oc1ccc([C@H](CCN2C3CCCC2CC3)NC(=O)C2CCCCC2)s1. The summed E-state index contributed by atoms with van der Waals surface area (Å²) in [6.45, 7) is 2.46. The first-order chi connectivity index (χ1) is 14.1. The second-order valence-electron chi connectivity index (χ2n) is 8.99. The van der Waals surface area contributed by atoms with E-state index < -0.39 is 0 Å². The molecule has 2 aliphatic heterocycles. The van der Waals surface area contributed by atoms with Crippen LogP contribution in [0.25, 0.3) is 0 Å². The lowest BCUT2D eigenvalue weighted by Gasteiger charge is -2.35. The molecule has 4 rings (SSSR count). The standard InChI is InChI=1S/C23H34N2O3S/c1-16(26)28-22-13-12-21(29-22)20(24-23(27)17-6-3-2-4-7-17)14-15-25-18-8-5-9-19(25)11-10-18/h12-13,17-20H,2-11,14-15H2,1H3,(H,24,27)/t18?,19?,20-/m0/s1. The molecule has 160 valence electrons. The van der Waals surface area contributed by atoms with Gasteiger partial charge in [-0.3, -0.25) is 14.5 Å². The number of thiophene rings is 1. The molecule has 29 heavy (non-hydrogen) atoms. The van der Waals surface area contributed by atoms with E-state index in [9.17, 15) is 9.59 Å². The molecule has 1 aromatic rings. The zero-order valence-electron chi connectivity index (χ0n) is 17.5. The van der Waals surface area contributed by atoms with E-state index in [4.69, 9.17) is 4.74 Å². The number of carbonyl (C=O) groups excluding carboxylic acids is 2. The molecule has 0 spiro atoms. The minimum Gasteiger partial charge on any atom is -0.416 e. The molecule has 5 nitrogen and oxygen atoms in total. The first-order valence-corrected chi connectivity index (χ1v) is 12.3. The highest BCUT2D eigenvalue weighted by Crippen LogP contribution is 2.37. The summed E-state index contributed by atoms with van der Waals surface area (Å²) in [5.74, 6) is 0.0650. The number of carbonyl (C=O) groups is 2. The second kappa shape index (κ2) is 9.61. The number of fused-ring (bicyclic) bond motifs is 2. The largest absolute Gasteiger partial charge is 0.416 e. The van der Waals surface area contributed by atoms with Crippen LogP contribution in [0.2, 0.25) is 0 Å². The van der Waals surface area contributed by atoms with Crippen LogP contribution in [0, 0.1) is 5.92 Å². The Morgan fingerprint density at radius 2 is 1.79 bits per heavy atom. The lowest BCUT2D eigenvalue weighted by Crippen LogP contribution is -2.42. The van der Waals surface area contributed by atoms with Gasteiger partial charge in [-0.1, -0.05) is 25.7 Å². The van der Waals surface area contributed by atoms with Crippen molar-refractivity contribution in [3.8, 4) is 5.06 Å². The quantitative estimate of drug-likeness (QED) is 0.645. The van der Waals surface area contributed by atoms with Crippen molar-refractivity contribution >= 4 is 23.2 Å². The van der Waals surface area contributed by atoms with Gasteiger partial charge >= 0.3 is 5.97 Å². The average Bonchev–Trinajstić information content (AvgIpc) is 3.25. The van der Waals surface area contributed by atoms with E-state index in [0.29, 0.717) is 5.06 Å². The number of nitrogens with zero attached hydrogens (tertiary/aromatic N) is 1. The van der Waals surface area contributed by atoms with Crippen molar-refractivity contribution < 1.29 is 14.3 Å². The van der Waals surface area contributed by atoms with E-state index in [2.05, 4.69) is 10.2 Å². The normalized spacial score (nSPS) is 26.2. The van der Waals surface area contributed by atoms with Gasteiger partial charge < -0.3 is 10.1 Å². The van der Waals surface area contributed by atoms with Crippen molar-refractivity contribution in [1.82, 2.24) is 10.2 Å². The van der Waals surface area contributed by atoms with Crippen LogP contribution in [-0.4, -0.2) is 35.4 Å². The molecule has 1 aromatic heterocycles. The second-order valence-corrected chi connectivity index (χ2v) is 10.1. The summed E-state index contributed by atoms with van der Waals surface area (Å²) >= 11 is 1.49. The third-order valence-electron chi connectivity index (χ3n) is 7.00. The predicted molar refractivity (Wildman–Crippen MR) is 115 cm³/mol. The fourth-order valence-corrected chi connectivity index (χ4v) is 6.51. The molecular formula is C23H34N2O3S. The maximum Gasteiger partial charge on any atom is 0.308 e. The summed E-state index contributed by atoms with van der Waals surface area (Å²) in [5, 5.41) is 3.98. The molecule has 1 amide bonds. The van der Waals surface area contributed by atoms with Crippen LogP contribution < -0.4 is 10.1 Å². The number of piperidine rings is 1. The van der Waals surface area contributed by atoms with Gasteiger partial charge in [0, 0.05) is 36.3 Å². The number of esters is 1. The van der Waals surface area contributed by atoms with Crippen LogP contribution in [0.3, 0.4) is 0 Å². The Bertz CT molecular complexity index is 697. The minimum atomic E-state index is -0.300. The summed E-state index contributed by atoms with van der Waals surface area (Å²) < 4.78 is 5.26. The molecule has 2 unspecified atom stereocenters. The van der Waals surface area contributed by atoms with Crippen LogP contribution >= 0.6 is 11.3 Å². The van der Waals surface area contributed by atoms with Crippen molar-refractivity contribution in [2.45, 2.75) is 95.7 Å². The Morgan fingerprint density at radius 1 is 1.07 bits per heavy atom. The lowest BCUT2D eigenvalue weighted by molar-refractivity contribution is -0.131. The summed E-state index contributed by atoms with van der Waals surface area (Å²) in [6.07, 6.45) is 13.2. The fourth-order valence-electron chi connectivity index (χ4n) is 5.53. The molecule has 6 heteroatoms. The molecule has 2 bridgehead atoms. The Morgan fingerprint density at radius 3 is 2.48 bits per heavy atom. The van der Waals surface area contributed by atoms with Crippen molar-refractivity contribution in [3.05, 3.63) is 17.0 Å². The first kappa shape index (κ1) is 20.9. The van der Waals surface area contributed by atoms with Crippen LogP contribution in [0.1, 0.15) is 88.5 Å². The van der Waals surface area contributed by atoms with E-state index in [-0.39, 0.29) is 23.8 Å². The van der Waals surface area contributed by atoms with E-state index >= 15 is 0 Å². The van der Waals surface area contributed by atoms with E-state index in [0.717, 1.165) is 55.6 Å². The van der Waals surface area contributed by atoms with Crippen LogP contribution in [0.15, 0.2) is 12.1 Å². The molecular weight excluding hydrogens is 384 g/mol. The zero-order valence-corrected chi connectivity index (χ0v) is 18.3. The van der Waals surface area contributed by atoms with Gasteiger partial charge in [0.25, 0.3) is 0 Å². The van der Waals surface area contributed by atoms with E-state index in [1.807, 2.05) is 12.1 Å². The van der Waals surface area contributed by atoms with Gasteiger partial charge in [0.1, 0.15) is 0 Å². The third kappa shape index (κ3) is 5.21.